The first-order chi connectivity index (χ1) is 8.99. The van der Waals surface area contributed by atoms with Crippen LogP contribution < -0.4 is 0 Å². The van der Waals surface area contributed by atoms with Gasteiger partial charge in [-0.1, -0.05) is 28.1 Å². The molecule has 1 aromatic heterocycles. The lowest BCUT2D eigenvalue weighted by atomic mass is 10.1. The monoisotopic (exact) mass is 322 g/mol. The minimum absolute atomic E-state index is 0.0994. The van der Waals surface area contributed by atoms with Crippen LogP contribution in [0.25, 0.3) is 11.3 Å². The van der Waals surface area contributed by atoms with E-state index in [4.69, 9.17) is 5.11 Å². The van der Waals surface area contributed by atoms with Gasteiger partial charge in [-0.3, -0.25) is 4.79 Å². The molecule has 0 spiro atoms. The van der Waals surface area contributed by atoms with E-state index in [1.807, 2.05) is 42.8 Å². The molecule has 0 saturated carbocycles. The summed E-state index contributed by atoms with van der Waals surface area (Å²) in [6.45, 7) is 1.99. The van der Waals surface area contributed by atoms with E-state index < -0.39 is 5.97 Å². The van der Waals surface area contributed by atoms with Crippen LogP contribution in [-0.4, -0.2) is 20.6 Å². The molecule has 4 nitrogen and oxygen atoms in total. The first-order valence-corrected chi connectivity index (χ1v) is 6.78. The maximum atomic E-state index is 10.6. The second-order valence-electron chi connectivity index (χ2n) is 4.43. The third-order valence-electron chi connectivity index (χ3n) is 3.13. The quantitative estimate of drug-likeness (QED) is 0.940. The minimum Gasteiger partial charge on any atom is -0.481 e. The largest absolute Gasteiger partial charge is 0.481 e. The van der Waals surface area contributed by atoms with Gasteiger partial charge in [0, 0.05) is 29.2 Å². The summed E-state index contributed by atoms with van der Waals surface area (Å²) in [7, 11) is 1.92. The fraction of sp³-hybridized carbons (Fsp3) is 0.286. The molecule has 0 unspecified atom stereocenters. The predicted molar refractivity (Wildman–Crippen MR) is 77.0 cm³/mol. The second-order valence-corrected chi connectivity index (χ2v) is 5.34. The van der Waals surface area contributed by atoms with Crippen molar-refractivity contribution in [2.45, 2.75) is 19.8 Å². The number of carboxylic acid groups (broad SMARTS) is 1. The molecule has 0 aliphatic heterocycles. The Morgan fingerprint density at radius 3 is 2.84 bits per heavy atom. The molecule has 1 N–H and O–H groups in total. The molecule has 0 saturated heterocycles. The molecule has 0 amide bonds. The lowest BCUT2D eigenvalue weighted by Gasteiger charge is -2.01. The SMILES string of the molecule is Cc1c(-c2cccc(Br)c2)nc(CCC(=O)O)n1C. The molecular weight excluding hydrogens is 308 g/mol. The molecule has 0 atom stereocenters. The van der Waals surface area contributed by atoms with Crippen LogP contribution in [0.1, 0.15) is 17.9 Å². The second kappa shape index (κ2) is 5.57. The predicted octanol–water partition coefficient (Wildman–Crippen LogP) is 3.18. The van der Waals surface area contributed by atoms with E-state index in [1.54, 1.807) is 0 Å². The summed E-state index contributed by atoms with van der Waals surface area (Å²) in [5, 5.41) is 8.75. The number of benzene rings is 1. The summed E-state index contributed by atoms with van der Waals surface area (Å²) in [6, 6.07) is 7.94. The number of imidazole rings is 1. The summed E-state index contributed by atoms with van der Waals surface area (Å²) >= 11 is 3.45. The highest BCUT2D eigenvalue weighted by atomic mass is 79.9. The summed E-state index contributed by atoms with van der Waals surface area (Å²) in [5.41, 5.74) is 2.98. The molecule has 100 valence electrons. The smallest absolute Gasteiger partial charge is 0.303 e. The lowest BCUT2D eigenvalue weighted by molar-refractivity contribution is -0.137. The van der Waals surface area contributed by atoms with E-state index in [0.29, 0.717) is 6.42 Å². The number of halogens is 1. The number of nitrogens with zero attached hydrogens (tertiary/aromatic N) is 2. The average Bonchev–Trinajstić information content (AvgIpc) is 2.64. The van der Waals surface area contributed by atoms with Gasteiger partial charge in [0.05, 0.1) is 12.1 Å². The maximum Gasteiger partial charge on any atom is 0.303 e. The molecule has 0 radical (unpaired) electrons. The molecule has 5 heteroatoms. The highest BCUT2D eigenvalue weighted by molar-refractivity contribution is 9.10. The van der Waals surface area contributed by atoms with Crippen molar-refractivity contribution < 1.29 is 9.90 Å². The van der Waals surface area contributed by atoms with Crippen LogP contribution in [-0.2, 0) is 18.3 Å². The Bertz CT molecular complexity index is 620. The number of aryl methyl sites for hydroxylation is 1. The van der Waals surface area contributed by atoms with Gasteiger partial charge in [-0.15, -0.1) is 0 Å². The van der Waals surface area contributed by atoms with Crippen LogP contribution in [0.4, 0.5) is 0 Å². The summed E-state index contributed by atoms with van der Waals surface area (Å²) in [6.07, 6.45) is 0.545. The Morgan fingerprint density at radius 1 is 1.47 bits per heavy atom. The van der Waals surface area contributed by atoms with Crippen molar-refractivity contribution in [2.75, 3.05) is 0 Å². The van der Waals surface area contributed by atoms with Gasteiger partial charge >= 0.3 is 5.97 Å². The highest BCUT2D eigenvalue weighted by Gasteiger charge is 2.13. The Morgan fingerprint density at radius 2 is 2.21 bits per heavy atom. The highest BCUT2D eigenvalue weighted by Crippen LogP contribution is 2.26. The fourth-order valence-electron chi connectivity index (χ4n) is 1.99. The zero-order valence-corrected chi connectivity index (χ0v) is 12.4. The van der Waals surface area contributed by atoms with Crippen LogP contribution >= 0.6 is 15.9 Å². The van der Waals surface area contributed by atoms with Crippen LogP contribution in [0.5, 0.6) is 0 Å². The topological polar surface area (TPSA) is 55.1 Å². The van der Waals surface area contributed by atoms with Gasteiger partial charge in [-0.25, -0.2) is 4.98 Å². The van der Waals surface area contributed by atoms with Crippen molar-refractivity contribution in [1.82, 2.24) is 9.55 Å². The van der Waals surface area contributed by atoms with Crippen LogP contribution in [0.3, 0.4) is 0 Å². The maximum absolute atomic E-state index is 10.6. The number of hydrogen-bond acceptors (Lipinski definition) is 2. The lowest BCUT2D eigenvalue weighted by Crippen LogP contribution is -2.03. The Balaban J connectivity index is 2.37. The van der Waals surface area contributed by atoms with Crippen molar-refractivity contribution in [1.29, 1.82) is 0 Å². The molecule has 19 heavy (non-hydrogen) atoms. The van der Waals surface area contributed by atoms with Gasteiger partial charge in [0.15, 0.2) is 0 Å². The Hall–Kier alpha value is -1.62. The molecule has 0 aliphatic rings. The molecule has 2 rings (SSSR count). The number of carbonyl (C=O) groups is 1. The third kappa shape index (κ3) is 3.04. The van der Waals surface area contributed by atoms with Crippen molar-refractivity contribution in [3.8, 4) is 11.3 Å². The van der Waals surface area contributed by atoms with Gasteiger partial charge in [-0.2, -0.15) is 0 Å². The van der Waals surface area contributed by atoms with E-state index in [9.17, 15) is 4.79 Å². The number of aromatic nitrogens is 2. The van der Waals surface area contributed by atoms with Crippen molar-refractivity contribution >= 4 is 21.9 Å². The zero-order chi connectivity index (χ0) is 14.0. The van der Waals surface area contributed by atoms with E-state index in [-0.39, 0.29) is 6.42 Å². The number of aliphatic carboxylic acids is 1. The van der Waals surface area contributed by atoms with Crippen molar-refractivity contribution in [3.05, 3.63) is 40.3 Å². The summed E-state index contributed by atoms with van der Waals surface area (Å²) < 4.78 is 2.96. The molecule has 1 heterocycles. The van der Waals surface area contributed by atoms with E-state index in [0.717, 1.165) is 27.2 Å². The molecule has 0 bridgehead atoms. The van der Waals surface area contributed by atoms with Crippen LogP contribution in [0.15, 0.2) is 28.7 Å². The van der Waals surface area contributed by atoms with Crippen molar-refractivity contribution in [2.24, 2.45) is 7.05 Å². The third-order valence-corrected chi connectivity index (χ3v) is 3.63. The first kappa shape index (κ1) is 13.8. The average molecular weight is 323 g/mol. The van der Waals surface area contributed by atoms with E-state index in [1.165, 1.54) is 0 Å². The van der Waals surface area contributed by atoms with E-state index >= 15 is 0 Å². The molecule has 0 fully saturated rings. The van der Waals surface area contributed by atoms with Crippen LogP contribution in [0, 0.1) is 6.92 Å². The normalized spacial score (nSPS) is 10.7. The van der Waals surface area contributed by atoms with Gasteiger partial charge < -0.3 is 9.67 Å². The molecular formula is C14H15BrN2O2. The summed E-state index contributed by atoms with van der Waals surface area (Å²) in [4.78, 5) is 15.2. The Labute approximate surface area is 120 Å². The standard InChI is InChI=1S/C14H15BrN2O2/c1-9-14(10-4-3-5-11(15)8-10)16-12(17(9)2)6-7-13(18)19/h3-5,8H,6-7H2,1-2H3,(H,18,19). The van der Waals surface area contributed by atoms with Gasteiger partial charge in [0.25, 0.3) is 0 Å². The molecule has 2 aromatic rings. The molecule has 0 aliphatic carbocycles. The van der Waals surface area contributed by atoms with Crippen LogP contribution in [0.2, 0.25) is 0 Å². The zero-order valence-electron chi connectivity index (χ0n) is 10.9. The van der Waals surface area contributed by atoms with Gasteiger partial charge in [-0.05, 0) is 19.1 Å². The van der Waals surface area contributed by atoms with E-state index in [2.05, 4.69) is 20.9 Å². The molecule has 1 aromatic carbocycles. The Kier molecular flexibility index (Phi) is 4.04. The number of rotatable bonds is 4. The summed E-state index contributed by atoms with van der Waals surface area (Å²) in [5.74, 6) is -0.000431. The van der Waals surface area contributed by atoms with Crippen molar-refractivity contribution in [3.63, 3.8) is 0 Å². The van der Waals surface area contributed by atoms with Gasteiger partial charge in [0.1, 0.15) is 5.82 Å². The number of carboxylic acids is 1. The first-order valence-electron chi connectivity index (χ1n) is 5.99. The number of hydrogen-bond donors (Lipinski definition) is 1. The van der Waals surface area contributed by atoms with Gasteiger partial charge in [0.2, 0.25) is 0 Å². The minimum atomic E-state index is -0.801. The fourth-order valence-corrected chi connectivity index (χ4v) is 2.39.